The molecule has 0 saturated carbocycles. The first kappa shape index (κ1) is 15.0. The van der Waals surface area contributed by atoms with E-state index in [0.717, 1.165) is 36.1 Å². The van der Waals surface area contributed by atoms with Crippen LogP contribution in [0.15, 0.2) is 18.2 Å². The van der Waals surface area contributed by atoms with Crippen LogP contribution in [0.1, 0.15) is 34.3 Å². The van der Waals surface area contributed by atoms with E-state index in [9.17, 15) is 14.4 Å². The average Bonchev–Trinajstić information content (AvgIpc) is 2.44. The van der Waals surface area contributed by atoms with Crippen LogP contribution in [0.4, 0.5) is 0 Å². The van der Waals surface area contributed by atoms with E-state index in [0.29, 0.717) is 5.56 Å². The fourth-order valence-electron chi connectivity index (χ4n) is 2.60. The summed E-state index contributed by atoms with van der Waals surface area (Å²) in [5.74, 6) is -2.39. The first-order valence-corrected chi connectivity index (χ1v) is 6.88. The molecule has 1 aliphatic carbocycles. The summed E-state index contributed by atoms with van der Waals surface area (Å²) in [5, 5.41) is 8.84. The summed E-state index contributed by atoms with van der Waals surface area (Å²) in [6.07, 6.45) is 4.16. The zero-order chi connectivity index (χ0) is 15.4. The lowest BCUT2D eigenvalue weighted by molar-refractivity contribution is -0.138. The standard InChI is InChI=1S/C15H18N2O4/c16-13(18)8-17(9-14(19)20)15(21)12-6-5-10-3-1-2-4-11(10)7-12/h5-7H,1-4,8-9H2,(H2,16,18)(H,19,20). The van der Waals surface area contributed by atoms with Gasteiger partial charge in [-0.1, -0.05) is 6.07 Å². The van der Waals surface area contributed by atoms with Gasteiger partial charge in [0.05, 0.1) is 0 Å². The number of aliphatic carboxylic acids is 1. The van der Waals surface area contributed by atoms with Crippen molar-refractivity contribution in [2.75, 3.05) is 13.1 Å². The lowest BCUT2D eigenvalue weighted by Crippen LogP contribution is -2.41. The number of carboxylic acids is 1. The van der Waals surface area contributed by atoms with Gasteiger partial charge in [0.2, 0.25) is 5.91 Å². The molecule has 112 valence electrons. The van der Waals surface area contributed by atoms with Gasteiger partial charge in [-0.25, -0.2) is 0 Å². The Hall–Kier alpha value is -2.37. The number of benzene rings is 1. The highest BCUT2D eigenvalue weighted by Crippen LogP contribution is 2.22. The number of fused-ring (bicyclic) bond motifs is 1. The van der Waals surface area contributed by atoms with Crippen molar-refractivity contribution in [2.45, 2.75) is 25.7 Å². The second-order valence-corrected chi connectivity index (χ2v) is 5.21. The molecular weight excluding hydrogens is 272 g/mol. The van der Waals surface area contributed by atoms with Gasteiger partial charge in [-0.2, -0.15) is 0 Å². The predicted octanol–water partition coefficient (Wildman–Crippen LogP) is 0.577. The number of nitrogens with zero attached hydrogens (tertiary/aromatic N) is 1. The molecule has 21 heavy (non-hydrogen) atoms. The van der Waals surface area contributed by atoms with E-state index in [-0.39, 0.29) is 0 Å². The number of rotatable bonds is 5. The zero-order valence-electron chi connectivity index (χ0n) is 11.7. The quantitative estimate of drug-likeness (QED) is 0.828. The summed E-state index contributed by atoms with van der Waals surface area (Å²) in [5.41, 5.74) is 7.83. The minimum absolute atomic E-state index is 0.401. The normalized spacial score (nSPS) is 13.3. The minimum atomic E-state index is -1.18. The highest BCUT2D eigenvalue weighted by molar-refractivity contribution is 5.98. The van der Waals surface area contributed by atoms with Gasteiger partial charge in [-0.3, -0.25) is 14.4 Å². The van der Waals surface area contributed by atoms with Crippen LogP contribution >= 0.6 is 0 Å². The van der Waals surface area contributed by atoms with Crippen LogP contribution in [0.2, 0.25) is 0 Å². The van der Waals surface area contributed by atoms with Gasteiger partial charge < -0.3 is 15.7 Å². The van der Waals surface area contributed by atoms with Gasteiger partial charge in [0.1, 0.15) is 13.1 Å². The SMILES string of the molecule is NC(=O)CN(CC(=O)O)C(=O)c1ccc2c(c1)CCCC2. The van der Waals surface area contributed by atoms with Crippen molar-refractivity contribution in [1.82, 2.24) is 4.90 Å². The van der Waals surface area contributed by atoms with Gasteiger partial charge in [-0.15, -0.1) is 0 Å². The summed E-state index contributed by atoms with van der Waals surface area (Å²) in [6.45, 7) is -0.943. The largest absolute Gasteiger partial charge is 0.480 e. The zero-order valence-corrected chi connectivity index (χ0v) is 11.7. The van der Waals surface area contributed by atoms with E-state index in [2.05, 4.69) is 0 Å². The molecule has 0 bridgehead atoms. The van der Waals surface area contributed by atoms with Crippen molar-refractivity contribution in [3.05, 3.63) is 34.9 Å². The number of carbonyl (C=O) groups excluding carboxylic acids is 2. The number of primary amides is 1. The van der Waals surface area contributed by atoms with Crippen molar-refractivity contribution < 1.29 is 19.5 Å². The van der Waals surface area contributed by atoms with Crippen LogP contribution in [0.25, 0.3) is 0 Å². The number of hydrogen-bond donors (Lipinski definition) is 2. The van der Waals surface area contributed by atoms with Crippen LogP contribution < -0.4 is 5.73 Å². The summed E-state index contributed by atoms with van der Waals surface area (Å²) < 4.78 is 0. The molecule has 6 heteroatoms. The minimum Gasteiger partial charge on any atom is -0.480 e. The molecule has 0 aromatic heterocycles. The van der Waals surface area contributed by atoms with Crippen molar-refractivity contribution in [3.8, 4) is 0 Å². The predicted molar refractivity (Wildman–Crippen MR) is 75.8 cm³/mol. The van der Waals surface area contributed by atoms with Crippen molar-refractivity contribution in [2.24, 2.45) is 5.73 Å². The van der Waals surface area contributed by atoms with Crippen LogP contribution in [0.5, 0.6) is 0 Å². The van der Waals surface area contributed by atoms with Gasteiger partial charge in [0.25, 0.3) is 5.91 Å². The first-order valence-electron chi connectivity index (χ1n) is 6.88. The topological polar surface area (TPSA) is 101 Å². The van der Waals surface area contributed by atoms with E-state index < -0.39 is 30.9 Å². The molecule has 0 spiro atoms. The lowest BCUT2D eigenvalue weighted by Gasteiger charge is -2.21. The van der Waals surface area contributed by atoms with Gasteiger partial charge in [0, 0.05) is 5.56 Å². The average molecular weight is 290 g/mol. The van der Waals surface area contributed by atoms with Crippen LogP contribution in [0, 0.1) is 0 Å². The fourth-order valence-corrected chi connectivity index (χ4v) is 2.60. The third-order valence-electron chi connectivity index (χ3n) is 3.56. The Kier molecular flexibility index (Phi) is 4.57. The molecule has 6 nitrogen and oxygen atoms in total. The Balaban J connectivity index is 2.23. The molecule has 0 saturated heterocycles. The Morgan fingerprint density at radius 2 is 1.76 bits per heavy atom. The summed E-state index contributed by atoms with van der Waals surface area (Å²) >= 11 is 0. The maximum absolute atomic E-state index is 12.4. The Morgan fingerprint density at radius 3 is 2.38 bits per heavy atom. The molecule has 0 fully saturated rings. The molecule has 0 radical (unpaired) electrons. The smallest absolute Gasteiger partial charge is 0.323 e. The van der Waals surface area contributed by atoms with Crippen LogP contribution in [0.3, 0.4) is 0 Å². The molecule has 1 aromatic rings. The van der Waals surface area contributed by atoms with Crippen molar-refractivity contribution in [3.63, 3.8) is 0 Å². The second kappa shape index (κ2) is 6.39. The monoisotopic (exact) mass is 290 g/mol. The highest BCUT2D eigenvalue weighted by Gasteiger charge is 2.21. The Morgan fingerprint density at radius 1 is 1.10 bits per heavy atom. The van der Waals surface area contributed by atoms with Crippen LogP contribution in [-0.4, -0.2) is 40.9 Å². The Bertz CT molecular complexity index is 567. The van der Waals surface area contributed by atoms with Crippen molar-refractivity contribution >= 4 is 17.8 Å². The summed E-state index contributed by atoms with van der Waals surface area (Å²) in [7, 11) is 0. The van der Waals surface area contributed by atoms with E-state index in [1.54, 1.807) is 12.1 Å². The molecule has 0 unspecified atom stereocenters. The number of carbonyl (C=O) groups is 3. The van der Waals surface area contributed by atoms with Crippen LogP contribution in [-0.2, 0) is 22.4 Å². The molecule has 0 aliphatic heterocycles. The number of amides is 2. The lowest BCUT2D eigenvalue weighted by atomic mass is 9.90. The molecule has 2 amide bonds. The Labute approximate surface area is 122 Å². The third-order valence-corrected chi connectivity index (χ3v) is 3.56. The molecule has 1 aliphatic rings. The molecule has 1 aromatic carbocycles. The number of carboxylic acid groups (broad SMARTS) is 1. The van der Waals surface area contributed by atoms with E-state index in [1.165, 1.54) is 5.56 Å². The maximum atomic E-state index is 12.4. The number of hydrogen-bond acceptors (Lipinski definition) is 3. The third kappa shape index (κ3) is 3.81. The maximum Gasteiger partial charge on any atom is 0.323 e. The van der Waals surface area contributed by atoms with Gasteiger partial charge in [-0.05, 0) is 48.9 Å². The molecule has 2 rings (SSSR count). The van der Waals surface area contributed by atoms with E-state index in [4.69, 9.17) is 10.8 Å². The van der Waals surface area contributed by atoms with Gasteiger partial charge >= 0.3 is 5.97 Å². The highest BCUT2D eigenvalue weighted by atomic mass is 16.4. The second-order valence-electron chi connectivity index (χ2n) is 5.21. The summed E-state index contributed by atoms with van der Waals surface area (Å²) in [4.78, 5) is 35.1. The van der Waals surface area contributed by atoms with E-state index >= 15 is 0 Å². The fraction of sp³-hybridized carbons (Fsp3) is 0.400. The van der Waals surface area contributed by atoms with Crippen molar-refractivity contribution in [1.29, 1.82) is 0 Å². The first-order chi connectivity index (χ1) is 9.97. The number of aryl methyl sites for hydroxylation is 2. The molecule has 0 atom stereocenters. The molecule has 0 heterocycles. The van der Waals surface area contributed by atoms with Gasteiger partial charge in [0.15, 0.2) is 0 Å². The summed E-state index contributed by atoms with van der Waals surface area (Å²) in [6, 6.07) is 5.39. The van der Waals surface area contributed by atoms with E-state index in [1.807, 2.05) is 6.07 Å². The molecule has 3 N–H and O–H groups in total. The molecular formula is C15H18N2O4. The number of nitrogens with two attached hydrogens (primary N) is 1.